The van der Waals surface area contributed by atoms with Crippen LogP contribution in [0, 0.1) is 0 Å². The van der Waals surface area contributed by atoms with Crippen molar-refractivity contribution in [1.29, 1.82) is 0 Å². The van der Waals surface area contributed by atoms with Gasteiger partial charge in [0.1, 0.15) is 12.3 Å². The molecule has 0 unspecified atom stereocenters. The molecule has 0 N–H and O–H groups in total. The lowest BCUT2D eigenvalue weighted by Crippen LogP contribution is -2.43. The van der Waals surface area contributed by atoms with Crippen LogP contribution in [0.2, 0.25) is 0 Å². The number of hydrogen-bond acceptors (Lipinski definition) is 1. The standard InChI is InChI=1S/C9H15N2O/c1-10-7-4-8-11(10)12-9-5-2-3-6-9/h4,7-9H,2-3,5-6H2,1H3/q+1. The van der Waals surface area contributed by atoms with Crippen molar-refractivity contribution in [3.63, 3.8) is 0 Å². The van der Waals surface area contributed by atoms with E-state index in [2.05, 4.69) is 0 Å². The molecule has 1 fully saturated rings. The molecule has 1 heterocycles. The summed E-state index contributed by atoms with van der Waals surface area (Å²) in [6.45, 7) is 0. The molecule has 0 aromatic carbocycles. The molecule has 0 saturated heterocycles. The van der Waals surface area contributed by atoms with Gasteiger partial charge in [-0.1, -0.05) is 4.68 Å². The van der Waals surface area contributed by atoms with Gasteiger partial charge in [-0.15, -0.1) is 0 Å². The quantitative estimate of drug-likeness (QED) is 0.592. The Morgan fingerprint density at radius 3 is 2.75 bits per heavy atom. The second-order valence-electron chi connectivity index (χ2n) is 3.38. The van der Waals surface area contributed by atoms with Crippen LogP contribution in [0.4, 0.5) is 0 Å². The molecule has 0 bridgehead atoms. The summed E-state index contributed by atoms with van der Waals surface area (Å²) in [5, 5.41) is 0. The maximum absolute atomic E-state index is 5.73. The topological polar surface area (TPSA) is 18.0 Å². The minimum Gasteiger partial charge on any atom is -0.365 e. The molecule has 0 aliphatic heterocycles. The lowest BCUT2D eigenvalue weighted by molar-refractivity contribution is -0.780. The van der Waals surface area contributed by atoms with E-state index in [4.69, 9.17) is 4.84 Å². The third-order valence-corrected chi connectivity index (χ3v) is 2.39. The molecule has 2 rings (SSSR count). The van der Waals surface area contributed by atoms with E-state index in [1.165, 1.54) is 25.7 Å². The van der Waals surface area contributed by atoms with Gasteiger partial charge in [0.05, 0.1) is 0 Å². The first-order valence-corrected chi connectivity index (χ1v) is 4.57. The number of nitrogens with zero attached hydrogens (tertiary/aromatic N) is 2. The maximum Gasteiger partial charge on any atom is 0.198 e. The van der Waals surface area contributed by atoms with Crippen molar-refractivity contribution in [3.8, 4) is 0 Å². The molecule has 1 aromatic heterocycles. The Morgan fingerprint density at radius 2 is 2.17 bits per heavy atom. The molecule has 0 atom stereocenters. The molecule has 12 heavy (non-hydrogen) atoms. The Bertz CT molecular complexity index is 251. The van der Waals surface area contributed by atoms with Crippen LogP contribution >= 0.6 is 0 Å². The van der Waals surface area contributed by atoms with E-state index in [0.29, 0.717) is 6.10 Å². The maximum atomic E-state index is 5.73. The largest absolute Gasteiger partial charge is 0.365 e. The monoisotopic (exact) mass is 167 g/mol. The normalized spacial score (nSPS) is 18.4. The van der Waals surface area contributed by atoms with E-state index in [1.807, 2.05) is 30.2 Å². The van der Waals surface area contributed by atoms with Gasteiger partial charge in [0, 0.05) is 10.9 Å². The molecule has 0 amide bonds. The minimum absolute atomic E-state index is 0.434. The summed E-state index contributed by atoms with van der Waals surface area (Å²) in [6, 6.07) is 1.98. The van der Waals surface area contributed by atoms with Gasteiger partial charge < -0.3 is 4.84 Å². The highest BCUT2D eigenvalue weighted by molar-refractivity contribution is 4.71. The average molecular weight is 167 g/mol. The first kappa shape index (κ1) is 7.65. The van der Waals surface area contributed by atoms with Crippen molar-refractivity contribution >= 4 is 0 Å². The summed E-state index contributed by atoms with van der Waals surface area (Å²) in [7, 11) is 1.98. The van der Waals surface area contributed by atoms with Crippen LogP contribution in [0.3, 0.4) is 0 Å². The highest BCUT2D eigenvalue weighted by Gasteiger charge is 2.18. The summed E-state index contributed by atoms with van der Waals surface area (Å²) in [5.74, 6) is 0. The Labute approximate surface area is 72.5 Å². The molecule has 66 valence electrons. The fourth-order valence-electron chi connectivity index (χ4n) is 1.66. The summed E-state index contributed by atoms with van der Waals surface area (Å²) < 4.78 is 1.94. The third-order valence-electron chi connectivity index (χ3n) is 2.39. The molecule has 0 spiro atoms. The molecular formula is C9H15N2O+. The van der Waals surface area contributed by atoms with Crippen LogP contribution in [0.1, 0.15) is 25.7 Å². The Hall–Kier alpha value is -0.990. The summed E-state index contributed by atoms with van der Waals surface area (Å²) in [4.78, 5) is 7.53. The number of aromatic nitrogens is 2. The predicted octanol–water partition coefficient (Wildman–Crippen LogP) is 0.684. The van der Waals surface area contributed by atoms with Gasteiger partial charge in [0.2, 0.25) is 0 Å². The lowest BCUT2D eigenvalue weighted by atomic mass is 10.3. The Morgan fingerprint density at radius 1 is 1.42 bits per heavy atom. The van der Waals surface area contributed by atoms with E-state index in [0.717, 1.165) is 0 Å². The van der Waals surface area contributed by atoms with Gasteiger partial charge in [-0.2, -0.15) is 0 Å². The first-order valence-electron chi connectivity index (χ1n) is 4.57. The van der Waals surface area contributed by atoms with E-state index < -0.39 is 0 Å². The zero-order valence-corrected chi connectivity index (χ0v) is 7.44. The second-order valence-corrected chi connectivity index (χ2v) is 3.38. The van der Waals surface area contributed by atoms with E-state index in [9.17, 15) is 0 Å². The SMILES string of the molecule is C[n+]1cccn1OC1CCCC1. The van der Waals surface area contributed by atoms with Gasteiger partial charge >= 0.3 is 0 Å². The van der Waals surface area contributed by atoms with Crippen molar-refractivity contribution in [1.82, 2.24) is 4.85 Å². The van der Waals surface area contributed by atoms with Crippen molar-refractivity contribution in [3.05, 3.63) is 18.5 Å². The van der Waals surface area contributed by atoms with Crippen molar-refractivity contribution < 1.29 is 9.52 Å². The van der Waals surface area contributed by atoms with Crippen LogP contribution in [0.15, 0.2) is 18.5 Å². The molecule has 1 aliphatic carbocycles. The summed E-state index contributed by atoms with van der Waals surface area (Å²) >= 11 is 0. The fraction of sp³-hybridized carbons (Fsp3) is 0.667. The lowest BCUT2D eigenvalue weighted by Gasteiger charge is -2.09. The van der Waals surface area contributed by atoms with Crippen molar-refractivity contribution in [2.75, 3.05) is 0 Å². The molecule has 1 aliphatic rings. The van der Waals surface area contributed by atoms with Crippen LogP contribution < -0.4 is 9.52 Å². The second kappa shape index (κ2) is 3.17. The molecule has 1 aromatic rings. The van der Waals surface area contributed by atoms with Gasteiger partial charge in [0.15, 0.2) is 13.2 Å². The Kier molecular flexibility index (Phi) is 2.02. The average Bonchev–Trinajstić information content (AvgIpc) is 2.65. The van der Waals surface area contributed by atoms with Gasteiger partial charge in [-0.3, -0.25) is 0 Å². The van der Waals surface area contributed by atoms with Gasteiger partial charge in [-0.05, 0) is 25.7 Å². The summed E-state index contributed by atoms with van der Waals surface area (Å²) in [5.41, 5.74) is 0. The zero-order valence-electron chi connectivity index (χ0n) is 7.44. The number of rotatable bonds is 2. The van der Waals surface area contributed by atoms with E-state index in [1.54, 1.807) is 4.85 Å². The fourth-order valence-corrected chi connectivity index (χ4v) is 1.66. The van der Waals surface area contributed by atoms with E-state index >= 15 is 0 Å². The predicted molar refractivity (Wildman–Crippen MR) is 44.4 cm³/mol. The molecule has 0 radical (unpaired) electrons. The van der Waals surface area contributed by atoms with Crippen molar-refractivity contribution in [2.45, 2.75) is 31.8 Å². The summed E-state index contributed by atoms with van der Waals surface area (Å²) in [6.07, 6.45) is 9.40. The molecule has 1 saturated carbocycles. The highest BCUT2D eigenvalue weighted by atomic mass is 16.7. The smallest absolute Gasteiger partial charge is 0.198 e. The third kappa shape index (κ3) is 1.44. The minimum atomic E-state index is 0.434. The van der Waals surface area contributed by atoms with Crippen LogP contribution in [-0.4, -0.2) is 10.9 Å². The van der Waals surface area contributed by atoms with E-state index in [-0.39, 0.29) is 0 Å². The highest BCUT2D eigenvalue weighted by Crippen LogP contribution is 2.18. The molecule has 3 heteroatoms. The van der Waals surface area contributed by atoms with Crippen LogP contribution in [0.5, 0.6) is 0 Å². The van der Waals surface area contributed by atoms with Gasteiger partial charge in [-0.25, -0.2) is 0 Å². The number of aryl methyl sites for hydroxylation is 1. The zero-order chi connectivity index (χ0) is 8.39. The van der Waals surface area contributed by atoms with Gasteiger partial charge in [0.25, 0.3) is 0 Å². The molecular weight excluding hydrogens is 152 g/mol. The van der Waals surface area contributed by atoms with Crippen LogP contribution in [-0.2, 0) is 7.05 Å². The van der Waals surface area contributed by atoms with Crippen molar-refractivity contribution in [2.24, 2.45) is 7.05 Å². The van der Waals surface area contributed by atoms with Crippen LogP contribution in [0.25, 0.3) is 0 Å². The Balaban J connectivity index is 1.98. The number of hydrogen-bond donors (Lipinski definition) is 0. The molecule has 3 nitrogen and oxygen atoms in total. The first-order chi connectivity index (χ1) is 5.86.